The van der Waals surface area contributed by atoms with Gasteiger partial charge in [0.15, 0.2) is 0 Å². The molecule has 0 radical (unpaired) electrons. The van der Waals surface area contributed by atoms with E-state index >= 15 is 0 Å². The van der Waals surface area contributed by atoms with E-state index in [1.165, 1.54) is 11.3 Å². The molecule has 0 fully saturated rings. The fourth-order valence-electron chi connectivity index (χ4n) is 1.33. The first-order valence-electron chi connectivity index (χ1n) is 4.91. The van der Waals surface area contributed by atoms with E-state index in [0.29, 0.717) is 5.82 Å². The molecule has 0 saturated carbocycles. The smallest absolute Gasteiger partial charge is 0.223 e. The van der Waals surface area contributed by atoms with Crippen LogP contribution in [0.4, 0.5) is 11.8 Å². The van der Waals surface area contributed by atoms with E-state index in [1.54, 1.807) is 0 Å². The summed E-state index contributed by atoms with van der Waals surface area (Å²) in [6, 6.07) is 1.94. The molecule has 0 spiro atoms. The van der Waals surface area contributed by atoms with E-state index in [1.807, 2.05) is 25.3 Å². The maximum Gasteiger partial charge on any atom is 0.223 e. The van der Waals surface area contributed by atoms with Gasteiger partial charge >= 0.3 is 0 Å². The van der Waals surface area contributed by atoms with Gasteiger partial charge in [-0.3, -0.25) is 0 Å². The number of hydrogen-bond acceptors (Lipinski definition) is 6. The Hall–Kier alpha value is -1.40. The Balaban J connectivity index is 2.47. The van der Waals surface area contributed by atoms with Gasteiger partial charge in [0.05, 0.1) is 17.5 Å². The standard InChI is InChI=1S/C10H14N4OS/c1-10(2,5-15)14-7-6-3-4-16-8(6)13-9(11)12-7/h3-4,15H,5H2,1-2H3,(H3,11,12,13,14). The maximum absolute atomic E-state index is 9.21. The van der Waals surface area contributed by atoms with Crippen LogP contribution in [0.3, 0.4) is 0 Å². The van der Waals surface area contributed by atoms with Crippen LogP contribution in [0, 0.1) is 0 Å². The number of thiophene rings is 1. The van der Waals surface area contributed by atoms with Crippen LogP contribution in [0.2, 0.25) is 0 Å². The summed E-state index contributed by atoms with van der Waals surface area (Å²) in [6.45, 7) is 3.80. The fourth-order valence-corrected chi connectivity index (χ4v) is 2.10. The van der Waals surface area contributed by atoms with E-state index in [-0.39, 0.29) is 12.6 Å². The molecule has 6 heteroatoms. The highest BCUT2D eigenvalue weighted by Gasteiger charge is 2.18. The zero-order valence-corrected chi connectivity index (χ0v) is 10.0. The minimum absolute atomic E-state index is 0.0164. The van der Waals surface area contributed by atoms with Crippen molar-refractivity contribution in [1.29, 1.82) is 0 Å². The topological polar surface area (TPSA) is 84.1 Å². The van der Waals surface area contributed by atoms with Gasteiger partial charge in [-0.05, 0) is 25.3 Å². The first-order chi connectivity index (χ1) is 7.52. The molecular formula is C10H14N4OS. The van der Waals surface area contributed by atoms with Gasteiger partial charge in [-0.1, -0.05) is 0 Å². The van der Waals surface area contributed by atoms with Crippen molar-refractivity contribution < 1.29 is 5.11 Å². The minimum atomic E-state index is -0.435. The van der Waals surface area contributed by atoms with Crippen molar-refractivity contribution in [1.82, 2.24) is 9.97 Å². The average molecular weight is 238 g/mol. The number of nitrogens with zero attached hydrogens (tertiary/aromatic N) is 2. The number of anilines is 2. The number of nitrogen functional groups attached to an aromatic ring is 1. The van der Waals surface area contributed by atoms with Crippen molar-refractivity contribution in [3.05, 3.63) is 11.4 Å². The van der Waals surface area contributed by atoms with Crippen LogP contribution < -0.4 is 11.1 Å². The highest BCUT2D eigenvalue weighted by Crippen LogP contribution is 2.27. The fraction of sp³-hybridized carbons (Fsp3) is 0.400. The number of aliphatic hydroxyl groups excluding tert-OH is 1. The number of rotatable bonds is 3. The monoisotopic (exact) mass is 238 g/mol. The molecule has 4 N–H and O–H groups in total. The van der Waals surface area contributed by atoms with Crippen LogP contribution >= 0.6 is 11.3 Å². The predicted molar refractivity (Wildman–Crippen MR) is 66.6 cm³/mol. The Labute approximate surface area is 97.3 Å². The highest BCUT2D eigenvalue weighted by atomic mass is 32.1. The lowest BCUT2D eigenvalue weighted by Gasteiger charge is -2.24. The zero-order valence-electron chi connectivity index (χ0n) is 9.19. The third-order valence-corrected chi connectivity index (χ3v) is 3.00. The van der Waals surface area contributed by atoms with Crippen molar-refractivity contribution >= 4 is 33.3 Å². The summed E-state index contributed by atoms with van der Waals surface area (Å²) in [5.41, 5.74) is 5.19. The SMILES string of the molecule is CC(C)(CO)Nc1nc(N)nc2sccc12. The Kier molecular flexibility index (Phi) is 2.69. The first-order valence-corrected chi connectivity index (χ1v) is 5.79. The molecule has 86 valence electrons. The Morgan fingerprint density at radius 1 is 1.50 bits per heavy atom. The summed E-state index contributed by atoms with van der Waals surface area (Å²) in [5.74, 6) is 0.911. The largest absolute Gasteiger partial charge is 0.394 e. The number of nitrogens with one attached hydrogen (secondary N) is 1. The van der Waals surface area contributed by atoms with E-state index in [2.05, 4.69) is 15.3 Å². The molecule has 16 heavy (non-hydrogen) atoms. The van der Waals surface area contributed by atoms with Gasteiger partial charge in [0.2, 0.25) is 5.95 Å². The van der Waals surface area contributed by atoms with Crippen LogP contribution in [0.15, 0.2) is 11.4 Å². The van der Waals surface area contributed by atoms with Gasteiger partial charge in [-0.25, -0.2) is 4.98 Å². The van der Waals surface area contributed by atoms with Crippen LogP contribution in [-0.2, 0) is 0 Å². The molecule has 0 bridgehead atoms. The lowest BCUT2D eigenvalue weighted by atomic mass is 10.1. The van der Waals surface area contributed by atoms with Crippen molar-refractivity contribution in [2.75, 3.05) is 17.7 Å². The van der Waals surface area contributed by atoms with Gasteiger partial charge in [-0.15, -0.1) is 11.3 Å². The predicted octanol–water partition coefficient (Wildman–Crippen LogP) is 1.46. The quantitative estimate of drug-likeness (QED) is 0.754. The molecular weight excluding hydrogens is 224 g/mol. The average Bonchev–Trinajstić information content (AvgIpc) is 2.65. The van der Waals surface area contributed by atoms with Gasteiger partial charge in [0, 0.05) is 0 Å². The number of aromatic nitrogens is 2. The van der Waals surface area contributed by atoms with Gasteiger partial charge in [0.1, 0.15) is 10.6 Å². The number of nitrogens with two attached hydrogens (primary N) is 1. The molecule has 0 unspecified atom stereocenters. The molecule has 0 atom stereocenters. The van der Waals surface area contributed by atoms with Crippen LogP contribution in [0.25, 0.3) is 10.2 Å². The van der Waals surface area contributed by atoms with Crippen molar-refractivity contribution in [2.45, 2.75) is 19.4 Å². The third kappa shape index (κ3) is 2.07. The lowest BCUT2D eigenvalue weighted by molar-refractivity contribution is 0.234. The van der Waals surface area contributed by atoms with Crippen LogP contribution in [0.1, 0.15) is 13.8 Å². The second-order valence-electron chi connectivity index (χ2n) is 4.24. The van der Waals surface area contributed by atoms with E-state index in [9.17, 15) is 5.11 Å². The van der Waals surface area contributed by atoms with E-state index in [4.69, 9.17) is 5.73 Å². The van der Waals surface area contributed by atoms with E-state index in [0.717, 1.165) is 10.2 Å². The molecule has 2 aromatic heterocycles. The number of hydrogen-bond donors (Lipinski definition) is 3. The van der Waals surface area contributed by atoms with E-state index < -0.39 is 5.54 Å². The number of fused-ring (bicyclic) bond motifs is 1. The third-order valence-electron chi connectivity index (χ3n) is 2.19. The Morgan fingerprint density at radius 3 is 2.94 bits per heavy atom. The van der Waals surface area contributed by atoms with Crippen molar-refractivity contribution in [3.8, 4) is 0 Å². The summed E-state index contributed by atoms with van der Waals surface area (Å²) in [6.07, 6.45) is 0. The van der Waals surface area contributed by atoms with Crippen LogP contribution in [0.5, 0.6) is 0 Å². The number of aliphatic hydroxyl groups is 1. The normalized spacial score (nSPS) is 11.9. The summed E-state index contributed by atoms with van der Waals surface area (Å²) in [7, 11) is 0. The van der Waals surface area contributed by atoms with Gasteiger partial charge < -0.3 is 16.2 Å². The summed E-state index contributed by atoms with van der Waals surface area (Å²) < 4.78 is 0. The minimum Gasteiger partial charge on any atom is -0.394 e. The second kappa shape index (κ2) is 3.88. The molecule has 0 saturated heterocycles. The molecule has 0 aliphatic carbocycles. The van der Waals surface area contributed by atoms with Crippen LogP contribution in [-0.4, -0.2) is 27.2 Å². The lowest BCUT2D eigenvalue weighted by Crippen LogP contribution is -2.35. The molecule has 2 rings (SSSR count). The summed E-state index contributed by atoms with van der Waals surface area (Å²) in [4.78, 5) is 9.14. The molecule has 5 nitrogen and oxygen atoms in total. The Morgan fingerprint density at radius 2 is 2.25 bits per heavy atom. The molecule has 0 amide bonds. The van der Waals surface area contributed by atoms with Gasteiger partial charge in [-0.2, -0.15) is 4.98 Å². The zero-order chi connectivity index (χ0) is 11.8. The van der Waals surface area contributed by atoms with Crippen molar-refractivity contribution in [3.63, 3.8) is 0 Å². The van der Waals surface area contributed by atoms with Gasteiger partial charge in [0.25, 0.3) is 0 Å². The summed E-state index contributed by atoms with van der Waals surface area (Å²) in [5, 5.41) is 15.2. The molecule has 2 aromatic rings. The summed E-state index contributed by atoms with van der Waals surface area (Å²) >= 11 is 1.52. The molecule has 0 aliphatic heterocycles. The second-order valence-corrected chi connectivity index (χ2v) is 5.13. The molecule has 0 aliphatic rings. The molecule has 2 heterocycles. The first kappa shape index (κ1) is 11.1. The highest BCUT2D eigenvalue weighted by molar-refractivity contribution is 7.16. The van der Waals surface area contributed by atoms with Crippen molar-refractivity contribution in [2.24, 2.45) is 0 Å². The maximum atomic E-state index is 9.21. The molecule has 0 aromatic carbocycles. The Bertz CT molecular complexity index is 508.